The van der Waals surface area contributed by atoms with E-state index in [1.54, 1.807) is 11.3 Å². The van der Waals surface area contributed by atoms with Gasteiger partial charge in [0.1, 0.15) is 5.82 Å². The van der Waals surface area contributed by atoms with E-state index in [1.165, 1.54) is 4.88 Å². The molecule has 0 saturated heterocycles. The zero-order valence-corrected chi connectivity index (χ0v) is 11.2. The highest BCUT2D eigenvalue weighted by atomic mass is 35.5. The van der Waals surface area contributed by atoms with Crippen molar-refractivity contribution in [2.24, 2.45) is 0 Å². The standard InChI is InChI=1S/C13H12ClN3S/c14-12-6-5-9(18-12)7-15-8-13-16-10-3-1-2-4-11(10)17-13/h1-6,15H,7-8H2,(H,16,17). The van der Waals surface area contributed by atoms with E-state index in [4.69, 9.17) is 11.6 Å². The lowest BCUT2D eigenvalue weighted by molar-refractivity contribution is 0.677. The minimum atomic E-state index is 0.726. The summed E-state index contributed by atoms with van der Waals surface area (Å²) in [6, 6.07) is 12.0. The van der Waals surface area contributed by atoms with Crippen molar-refractivity contribution in [3.05, 3.63) is 51.4 Å². The van der Waals surface area contributed by atoms with Crippen LogP contribution in [0.5, 0.6) is 0 Å². The number of thiophene rings is 1. The number of halogens is 1. The van der Waals surface area contributed by atoms with Gasteiger partial charge in [-0.3, -0.25) is 0 Å². The van der Waals surface area contributed by atoms with E-state index in [0.29, 0.717) is 0 Å². The van der Waals surface area contributed by atoms with Gasteiger partial charge in [0.25, 0.3) is 0 Å². The average molecular weight is 278 g/mol. The number of rotatable bonds is 4. The molecule has 18 heavy (non-hydrogen) atoms. The lowest BCUT2D eigenvalue weighted by Crippen LogP contribution is -2.12. The molecule has 0 aliphatic rings. The number of fused-ring (bicyclic) bond motifs is 1. The molecule has 0 fully saturated rings. The van der Waals surface area contributed by atoms with Gasteiger partial charge in [-0.1, -0.05) is 23.7 Å². The van der Waals surface area contributed by atoms with Gasteiger partial charge in [0.15, 0.2) is 0 Å². The second-order valence-corrected chi connectivity index (χ2v) is 5.81. The maximum absolute atomic E-state index is 5.88. The van der Waals surface area contributed by atoms with E-state index in [2.05, 4.69) is 15.3 Å². The SMILES string of the molecule is Clc1ccc(CNCc2nc3ccccc3[nH]2)s1. The molecule has 92 valence electrons. The number of nitrogens with one attached hydrogen (secondary N) is 2. The Morgan fingerprint density at radius 3 is 2.83 bits per heavy atom. The monoisotopic (exact) mass is 277 g/mol. The van der Waals surface area contributed by atoms with Crippen molar-refractivity contribution in [2.75, 3.05) is 0 Å². The summed E-state index contributed by atoms with van der Waals surface area (Å²) >= 11 is 7.48. The number of nitrogens with zero attached hydrogens (tertiary/aromatic N) is 1. The minimum absolute atomic E-state index is 0.726. The zero-order valence-electron chi connectivity index (χ0n) is 9.61. The van der Waals surface area contributed by atoms with Crippen LogP contribution in [0.25, 0.3) is 11.0 Å². The van der Waals surface area contributed by atoms with Crippen molar-refractivity contribution >= 4 is 34.0 Å². The number of para-hydroxylation sites is 2. The fraction of sp³-hybridized carbons (Fsp3) is 0.154. The highest BCUT2D eigenvalue weighted by Crippen LogP contribution is 2.21. The minimum Gasteiger partial charge on any atom is -0.341 e. The maximum Gasteiger partial charge on any atom is 0.121 e. The summed E-state index contributed by atoms with van der Waals surface area (Å²) in [5.74, 6) is 0.957. The highest BCUT2D eigenvalue weighted by molar-refractivity contribution is 7.16. The fourth-order valence-corrected chi connectivity index (χ4v) is 2.90. The zero-order chi connectivity index (χ0) is 12.4. The number of aromatic amines is 1. The first-order chi connectivity index (χ1) is 8.81. The smallest absolute Gasteiger partial charge is 0.121 e. The third-order valence-corrected chi connectivity index (χ3v) is 3.89. The van der Waals surface area contributed by atoms with Gasteiger partial charge in [0.2, 0.25) is 0 Å². The third-order valence-electron chi connectivity index (χ3n) is 2.66. The molecule has 0 radical (unpaired) electrons. The van der Waals surface area contributed by atoms with Crippen LogP contribution in [0.4, 0.5) is 0 Å². The summed E-state index contributed by atoms with van der Waals surface area (Å²) in [4.78, 5) is 9.03. The Labute approximate surface area is 114 Å². The predicted octanol–water partition coefficient (Wildman–Crippen LogP) is 3.57. The van der Waals surface area contributed by atoms with Gasteiger partial charge in [-0.05, 0) is 24.3 Å². The largest absolute Gasteiger partial charge is 0.341 e. The van der Waals surface area contributed by atoms with Crippen molar-refractivity contribution in [2.45, 2.75) is 13.1 Å². The van der Waals surface area contributed by atoms with Crippen molar-refractivity contribution in [3.8, 4) is 0 Å². The van der Waals surface area contributed by atoms with Crippen LogP contribution in [0.15, 0.2) is 36.4 Å². The van der Waals surface area contributed by atoms with Gasteiger partial charge in [-0.25, -0.2) is 4.98 Å². The van der Waals surface area contributed by atoms with Crippen molar-refractivity contribution in [1.82, 2.24) is 15.3 Å². The van der Waals surface area contributed by atoms with Crippen LogP contribution >= 0.6 is 22.9 Å². The Bertz CT molecular complexity index is 626. The summed E-state index contributed by atoms with van der Waals surface area (Å²) in [6.07, 6.45) is 0. The first kappa shape index (κ1) is 11.7. The van der Waals surface area contributed by atoms with Crippen molar-refractivity contribution in [1.29, 1.82) is 0 Å². The molecule has 0 aliphatic heterocycles. The summed E-state index contributed by atoms with van der Waals surface area (Å²) in [5, 5.41) is 3.35. The molecule has 2 aromatic heterocycles. The van der Waals surface area contributed by atoms with Gasteiger partial charge < -0.3 is 10.3 Å². The molecule has 0 saturated carbocycles. The molecule has 2 N–H and O–H groups in total. The van der Waals surface area contributed by atoms with Crippen LogP contribution in [0.2, 0.25) is 4.34 Å². The summed E-state index contributed by atoms with van der Waals surface area (Å²) in [6.45, 7) is 1.54. The predicted molar refractivity (Wildman–Crippen MR) is 76.0 cm³/mol. The Morgan fingerprint density at radius 1 is 1.17 bits per heavy atom. The lowest BCUT2D eigenvalue weighted by Gasteiger charge is -1.99. The normalized spacial score (nSPS) is 11.2. The van der Waals surface area contributed by atoms with Crippen LogP contribution in [0, 0.1) is 0 Å². The molecule has 3 nitrogen and oxygen atoms in total. The molecule has 0 bridgehead atoms. The second kappa shape index (κ2) is 5.10. The van der Waals surface area contributed by atoms with Crippen LogP contribution in [-0.2, 0) is 13.1 Å². The van der Waals surface area contributed by atoms with E-state index in [-0.39, 0.29) is 0 Å². The quantitative estimate of drug-likeness (QED) is 0.765. The van der Waals surface area contributed by atoms with Crippen LogP contribution in [-0.4, -0.2) is 9.97 Å². The fourth-order valence-electron chi connectivity index (χ4n) is 1.84. The molecule has 0 unspecified atom stereocenters. The molecule has 3 aromatic rings. The van der Waals surface area contributed by atoms with Crippen LogP contribution in [0.1, 0.15) is 10.7 Å². The van der Waals surface area contributed by atoms with Crippen molar-refractivity contribution in [3.63, 3.8) is 0 Å². The number of hydrogen-bond acceptors (Lipinski definition) is 3. The second-order valence-electron chi connectivity index (χ2n) is 4.01. The van der Waals surface area contributed by atoms with E-state index in [0.717, 1.165) is 34.3 Å². The van der Waals surface area contributed by atoms with Crippen molar-refractivity contribution < 1.29 is 0 Å². The molecule has 1 aromatic carbocycles. The molecular weight excluding hydrogens is 266 g/mol. The molecule has 5 heteroatoms. The molecule has 2 heterocycles. The Morgan fingerprint density at radius 2 is 2.06 bits per heavy atom. The summed E-state index contributed by atoms with van der Waals surface area (Å²) in [7, 11) is 0. The number of benzene rings is 1. The van der Waals surface area contributed by atoms with Gasteiger partial charge in [-0.15, -0.1) is 11.3 Å². The number of hydrogen-bond donors (Lipinski definition) is 2. The van der Waals surface area contributed by atoms with E-state index in [1.807, 2.05) is 36.4 Å². The number of H-pyrrole nitrogens is 1. The van der Waals surface area contributed by atoms with E-state index >= 15 is 0 Å². The van der Waals surface area contributed by atoms with Gasteiger partial charge in [-0.2, -0.15) is 0 Å². The molecular formula is C13H12ClN3S. The van der Waals surface area contributed by atoms with Crippen LogP contribution < -0.4 is 5.32 Å². The lowest BCUT2D eigenvalue weighted by atomic mass is 10.3. The average Bonchev–Trinajstić information content (AvgIpc) is 2.95. The first-order valence-corrected chi connectivity index (χ1v) is 6.89. The Balaban J connectivity index is 1.62. The maximum atomic E-state index is 5.88. The van der Waals surface area contributed by atoms with Gasteiger partial charge in [0.05, 0.1) is 21.9 Å². The third kappa shape index (κ3) is 2.56. The molecule has 0 amide bonds. The highest BCUT2D eigenvalue weighted by Gasteiger charge is 2.02. The Hall–Kier alpha value is -1.36. The van der Waals surface area contributed by atoms with E-state index in [9.17, 15) is 0 Å². The number of aromatic nitrogens is 2. The first-order valence-electron chi connectivity index (χ1n) is 5.70. The number of imidazole rings is 1. The Kier molecular flexibility index (Phi) is 3.32. The van der Waals surface area contributed by atoms with Gasteiger partial charge >= 0.3 is 0 Å². The topological polar surface area (TPSA) is 40.7 Å². The molecule has 3 rings (SSSR count). The van der Waals surface area contributed by atoms with E-state index < -0.39 is 0 Å². The summed E-state index contributed by atoms with van der Waals surface area (Å²) < 4.78 is 0.829. The molecule has 0 aliphatic carbocycles. The molecule has 0 atom stereocenters. The molecule has 0 spiro atoms. The van der Waals surface area contributed by atoms with Gasteiger partial charge in [0, 0.05) is 11.4 Å². The summed E-state index contributed by atoms with van der Waals surface area (Å²) in [5.41, 5.74) is 2.09. The van der Waals surface area contributed by atoms with Crippen LogP contribution in [0.3, 0.4) is 0 Å².